The molecular weight excluding hydrogens is 200 g/mol. The average molecular weight is 213 g/mol. The fraction of sp³-hybridized carbons (Fsp3) is 1.00. The van der Waals surface area contributed by atoms with E-state index < -0.39 is 27.2 Å². The third-order valence-electron chi connectivity index (χ3n) is 2.17. The van der Waals surface area contributed by atoms with Crippen LogP contribution >= 0.6 is 0 Å². The molecule has 1 aliphatic rings. The lowest BCUT2D eigenvalue weighted by Crippen LogP contribution is -2.45. The van der Waals surface area contributed by atoms with Crippen LogP contribution in [-0.2, 0) is 10.0 Å². The van der Waals surface area contributed by atoms with Gasteiger partial charge in [-0.2, -0.15) is 0 Å². The summed E-state index contributed by atoms with van der Waals surface area (Å²) in [6.07, 6.45) is -2.14. The van der Waals surface area contributed by atoms with E-state index in [-0.39, 0.29) is 12.8 Å². The van der Waals surface area contributed by atoms with Crippen LogP contribution in [0.15, 0.2) is 0 Å². The zero-order valence-corrected chi connectivity index (χ0v) is 8.37. The van der Waals surface area contributed by atoms with Crippen LogP contribution in [-0.4, -0.2) is 25.6 Å². The first-order valence-corrected chi connectivity index (χ1v) is 5.66. The highest BCUT2D eigenvalue weighted by molar-refractivity contribution is 7.90. The Morgan fingerprint density at radius 2 is 1.77 bits per heavy atom. The van der Waals surface area contributed by atoms with Crippen molar-refractivity contribution in [2.24, 2.45) is 0 Å². The summed E-state index contributed by atoms with van der Waals surface area (Å²) >= 11 is 0. The topological polar surface area (TPSA) is 46.2 Å². The maximum Gasteiger partial charge on any atom is 0.257 e. The SMILES string of the molecule is CC(C)S(=O)(=O)NC1(C(F)F)CC1. The molecule has 0 radical (unpaired) electrons. The Morgan fingerprint density at radius 1 is 1.31 bits per heavy atom. The van der Waals surface area contributed by atoms with Gasteiger partial charge in [0.1, 0.15) is 0 Å². The van der Waals surface area contributed by atoms with E-state index in [1.165, 1.54) is 13.8 Å². The maximum atomic E-state index is 12.3. The molecule has 1 fully saturated rings. The Hall–Kier alpha value is -0.230. The molecule has 1 rings (SSSR count). The average Bonchev–Trinajstić information content (AvgIpc) is 2.67. The molecule has 78 valence electrons. The van der Waals surface area contributed by atoms with Gasteiger partial charge in [0.2, 0.25) is 10.0 Å². The third kappa shape index (κ3) is 2.17. The summed E-state index contributed by atoms with van der Waals surface area (Å²) in [6, 6.07) is 0. The number of hydrogen-bond donors (Lipinski definition) is 1. The van der Waals surface area contributed by atoms with Crippen molar-refractivity contribution in [2.45, 2.75) is 43.9 Å². The molecule has 0 unspecified atom stereocenters. The quantitative estimate of drug-likeness (QED) is 0.760. The molecule has 1 aliphatic carbocycles. The van der Waals surface area contributed by atoms with E-state index in [1.807, 2.05) is 0 Å². The monoisotopic (exact) mass is 213 g/mol. The summed E-state index contributed by atoms with van der Waals surface area (Å²) in [5.74, 6) is 0. The lowest BCUT2D eigenvalue weighted by Gasteiger charge is -2.17. The van der Waals surface area contributed by atoms with Crippen molar-refractivity contribution < 1.29 is 17.2 Å². The lowest BCUT2D eigenvalue weighted by molar-refractivity contribution is 0.0969. The molecule has 1 N–H and O–H groups in total. The van der Waals surface area contributed by atoms with Crippen LogP contribution in [0.2, 0.25) is 0 Å². The van der Waals surface area contributed by atoms with Crippen LogP contribution in [0, 0.1) is 0 Å². The van der Waals surface area contributed by atoms with Crippen molar-refractivity contribution in [1.29, 1.82) is 0 Å². The highest BCUT2D eigenvalue weighted by atomic mass is 32.2. The summed E-state index contributed by atoms with van der Waals surface area (Å²) in [4.78, 5) is 0. The molecule has 6 heteroatoms. The van der Waals surface area contributed by atoms with Crippen molar-refractivity contribution in [3.05, 3.63) is 0 Å². The van der Waals surface area contributed by atoms with Crippen molar-refractivity contribution in [1.82, 2.24) is 4.72 Å². The second-order valence-corrected chi connectivity index (χ2v) is 5.89. The predicted molar refractivity (Wildman–Crippen MR) is 45.2 cm³/mol. The van der Waals surface area contributed by atoms with Crippen LogP contribution in [0.1, 0.15) is 26.7 Å². The van der Waals surface area contributed by atoms with Gasteiger partial charge in [-0.3, -0.25) is 0 Å². The van der Waals surface area contributed by atoms with Gasteiger partial charge in [-0.25, -0.2) is 21.9 Å². The highest BCUT2D eigenvalue weighted by Gasteiger charge is 2.53. The maximum absolute atomic E-state index is 12.3. The molecule has 0 spiro atoms. The summed E-state index contributed by atoms with van der Waals surface area (Å²) < 4.78 is 49.2. The summed E-state index contributed by atoms with van der Waals surface area (Å²) in [5, 5.41) is -0.663. The van der Waals surface area contributed by atoms with Gasteiger partial charge in [-0.05, 0) is 26.7 Å². The normalized spacial score (nSPS) is 21.1. The van der Waals surface area contributed by atoms with Gasteiger partial charge < -0.3 is 0 Å². The minimum absolute atomic E-state index is 0.233. The predicted octanol–water partition coefficient (Wildman–Crippen LogP) is 1.11. The molecule has 0 aromatic carbocycles. The minimum Gasteiger partial charge on any atom is -0.212 e. The Labute approximate surface area is 76.6 Å². The van der Waals surface area contributed by atoms with Crippen LogP contribution < -0.4 is 4.72 Å². The van der Waals surface area contributed by atoms with E-state index in [2.05, 4.69) is 4.72 Å². The largest absolute Gasteiger partial charge is 0.257 e. The zero-order valence-electron chi connectivity index (χ0n) is 7.55. The number of rotatable bonds is 4. The molecule has 13 heavy (non-hydrogen) atoms. The first kappa shape index (κ1) is 10.8. The fourth-order valence-corrected chi connectivity index (χ4v) is 2.00. The fourth-order valence-electron chi connectivity index (χ4n) is 0.901. The first-order chi connectivity index (χ1) is 5.80. The van der Waals surface area contributed by atoms with Crippen LogP contribution in [0.25, 0.3) is 0 Å². The first-order valence-electron chi connectivity index (χ1n) is 4.11. The molecular formula is C7H13F2NO2S. The summed E-state index contributed by atoms with van der Waals surface area (Å²) in [5.41, 5.74) is -1.46. The Bertz CT molecular complexity index is 283. The number of hydrogen-bond acceptors (Lipinski definition) is 2. The van der Waals surface area contributed by atoms with Gasteiger partial charge in [0.05, 0.1) is 10.8 Å². The van der Waals surface area contributed by atoms with Crippen molar-refractivity contribution in [2.75, 3.05) is 0 Å². The molecule has 0 heterocycles. The molecule has 1 saturated carbocycles. The molecule has 0 atom stereocenters. The molecule has 0 bridgehead atoms. The van der Waals surface area contributed by atoms with Gasteiger partial charge in [0.25, 0.3) is 6.43 Å². The van der Waals surface area contributed by atoms with Crippen LogP contribution in [0.3, 0.4) is 0 Å². The Morgan fingerprint density at radius 3 is 2.00 bits per heavy atom. The number of halogens is 2. The van der Waals surface area contributed by atoms with Crippen LogP contribution in [0.4, 0.5) is 8.78 Å². The van der Waals surface area contributed by atoms with Crippen molar-refractivity contribution in [3.8, 4) is 0 Å². The van der Waals surface area contributed by atoms with Crippen LogP contribution in [0.5, 0.6) is 0 Å². The van der Waals surface area contributed by atoms with Gasteiger partial charge in [0.15, 0.2) is 0 Å². The molecule has 0 aromatic heterocycles. The van der Waals surface area contributed by atoms with Crippen molar-refractivity contribution in [3.63, 3.8) is 0 Å². The lowest BCUT2D eigenvalue weighted by atomic mass is 10.3. The van der Waals surface area contributed by atoms with Gasteiger partial charge >= 0.3 is 0 Å². The van der Waals surface area contributed by atoms with E-state index in [4.69, 9.17) is 0 Å². The summed E-state index contributed by atoms with van der Waals surface area (Å²) in [6.45, 7) is 2.92. The van der Waals surface area contributed by atoms with Gasteiger partial charge in [-0.15, -0.1) is 0 Å². The number of sulfonamides is 1. The Kier molecular flexibility index (Phi) is 2.64. The second-order valence-electron chi connectivity index (χ2n) is 3.65. The number of nitrogens with one attached hydrogen (secondary N) is 1. The number of alkyl halides is 2. The van der Waals surface area contributed by atoms with E-state index >= 15 is 0 Å². The molecule has 0 aliphatic heterocycles. The smallest absolute Gasteiger partial charge is 0.212 e. The standard InChI is InChI=1S/C7H13F2NO2S/c1-5(2)13(11,12)10-7(3-4-7)6(8)9/h5-6,10H,3-4H2,1-2H3. The van der Waals surface area contributed by atoms with E-state index in [9.17, 15) is 17.2 Å². The third-order valence-corrected chi connectivity index (χ3v) is 4.10. The molecule has 0 amide bonds. The summed E-state index contributed by atoms with van der Waals surface area (Å²) in [7, 11) is -3.57. The minimum atomic E-state index is -3.57. The Balaban J connectivity index is 2.70. The zero-order chi connectivity index (χ0) is 10.3. The molecule has 0 aromatic rings. The highest BCUT2D eigenvalue weighted by Crippen LogP contribution is 2.41. The molecule has 0 saturated heterocycles. The van der Waals surface area contributed by atoms with E-state index in [0.717, 1.165) is 0 Å². The van der Waals surface area contributed by atoms with Gasteiger partial charge in [-0.1, -0.05) is 0 Å². The van der Waals surface area contributed by atoms with E-state index in [0.29, 0.717) is 0 Å². The van der Waals surface area contributed by atoms with Crippen molar-refractivity contribution >= 4 is 10.0 Å². The molecule has 3 nitrogen and oxygen atoms in total. The van der Waals surface area contributed by atoms with Gasteiger partial charge in [0, 0.05) is 0 Å². The second kappa shape index (κ2) is 3.16. The van der Waals surface area contributed by atoms with E-state index in [1.54, 1.807) is 0 Å².